The van der Waals surface area contributed by atoms with Crippen molar-refractivity contribution in [3.05, 3.63) is 27.7 Å². The lowest BCUT2D eigenvalue weighted by Gasteiger charge is -2.04. The number of carbonyl (C=O) groups excluding carboxylic acids is 1. The first-order chi connectivity index (χ1) is 5.52. The van der Waals surface area contributed by atoms with Crippen LogP contribution in [0.4, 0.5) is 5.69 Å². The summed E-state index contributed by atoms with van der Waals surface area (Å²) in [6.45, 7) is 3.42. The molecule has 0 atom stereocenters. The van der Waals surface area contributed by atoms with Crippen LogP contribution >= 0.6 is 15.9 Å². The summed E-state index contributed by atoms with van der Waals surface area (Å²) in [5.41, 5.74) is 8.00. The number of hydrogen-bond donors (Lipinski definition) is 1. The molecule has 0 aliphatic rings. The summed E-state index contributed by atoms with van der Waals surface area (Å²) < 4.78 is 0.785. The lowest BCUT2D eigenvalue weighted by atomic mass is 10.1. The van der Waals surface area contributed by atoms with E-state index < -0.39 is 0 Å². The number of nitrogen functional groups attached to an aromatic ring is 1. The molecule has 0 aromatic heterocycles. The van der Waals surface area contributed by atoms with Gasteiger partial charge in [0.25, 0.3) is 0 Å². The Hall–Kier alpha value is -0.830. The normalized spacial score (nSPS) is 9.92. The summed E-state index contributed by atoms with van der Waals surface area (Å²) in [6.07, 6.45) is 0. The van der Waals surface area contributed by atoms with E-state index in [4.69, 9.17) is 5.73 Å². The Morgan fingerprint density at radius 1 is 1.50 bits per heavy atom. The third kappa shape index (κ3) is 1.67. The van der Waals surface area contributed by atoms with Crippen molar-refractivity contribution in [2.75, 3.05) is 5.73 Å². The largest absolute Gasteiger partial charge is 0.398 e. The Kier molecular flexibility index (Phi) is 2.52. The minimum atomic E-state index is 0.0544. The highest BCUT2D eigenvalue weighted by molar-refractivity contribution is 9.10. The molecule has 2 nitrogen and oxygen atoms in total. The number of nitrogens with two attached hydrogens (primary N) is 1. The highest BCUT2D eigenvalue weighted by atomic mass is 79.9. The number of rotatable bonds is 1. The molecule has 0 amide bonds. The number of aryl methyl sites for hydroxylation is 1. The van der Waals surface area contributed by atoms with Crippen molar-refractivity contribution in [1.29, 1.82) is 0 Å². The smallest absolute Gasteiger partial charge is 0.159 e. The van der Waals surface area contributed by atoms with E-state index in [1.165, 1.54) is 6.92 Å². The molecule has 0 radical (unpaired) electrons. The van der Waals surface area contributed by atoms with Crippen LogP contribution in [0.15, 0.2) is 16.6 Å². The van der Waals surface area contributed by atoms with Crippen LogP contribution in [0.3, 0.4) is 0 Å². The molecule has 0 unspecified atom stereocenters. The van der Waals surface area contributed by atoms with Gasteiger partial charge in [0.2, 0.25) is 0 Å². The number of benzene rings is 1. The molecule has 0 heterocycles. The van der Waals surface area contributed by atoms with Crippen LogP contribution in [0.5, 0.6) is 0 Å². The summed E-state index contributed by atoms with van der Waals surface area (Å²) in [4.78, 5) is 11.0. The molecule has 0 fully saturated rings. The summed E-state index contributed by atoms with van der Waals surface area (Å²) in [5, 5.41) is 0. The van der Waals surface area contributed by atoms with Gasteiger partial charge in [-0.25, -0.2) is 0 Å². The zero-order valence-corrected chi connectivity index (χ0v) is 8.60. The highest BCUT2D eigenvalue weighted by Crippen LogP contribution is 2.24. The van der Waals surface area contributed by atoms with Gasteiger partial charge in [-0.3, -0.25) is 4.79 Å². The molecule has 1 aromatic rings. The predicted octanol–water partition coefficient (Wildman–Crippen LogP) is 2.54. The monoisotopic (exact) mass is 227 g/mol. The molecule has 12 heavy (non-hydrogen) atoms. The highest BCUT2D eigenvalue weighted by Gasteiger charge is 2.05. The molecule has 0 bridgehead atoms. The van der Waals surface area contributed by atoms with E-state index >= 15 is 0 Å². The number of anilines is 1. The maximum absolute atomic E-state index is 11.0. The molecule has 0 spiro atoms. The van der Waals surface area contributed by atoms with Gasteiger partial charge in [0.15, 0.2) is 5.78 Å². The van der Waals surface area contributed by atoms with E-state index in [-0.39, 0.29) is 5.78 Å². The van der Waals surface area contributed by atoms with Gasteiger partial charge >= 0.3 is 0 Å². The van der Waals surface area contributed by atoms with Gasteiger partial charge < -0.3 is 5.73 Å². The van der Waals surface area contributed by atoms with Gasteiger partial charge in [0, 0.05) is 15.7 Å². The Bertz CT molecular complexity index is 310. The molecular weight excluding hydrogens is 218 g/mol. The van der Waals surface area contributed by atoms with Gasteiger partial charge in [-0.1, -0.05) is 0 Å². The van der Waals surface area contributed by atoms with Crippen LogP contribution in [-0.4, -0.2) is 5.78 Å². The van der Waals surface area contributed by atoms with Gasteiger partial charge in [0.05, 0.1) is 0 Å². The topological polar surface area (TPSA) is 43.1 Å². The first kappa shape index (κ1) is 9.26. The van der Waals surface area contributed by atoms with E-state index in [1.807, 2.05) is 6.92 Å². The van der Waals surface area contributed by atoms with Crippen molar-refractivity contribution in [3.8, 4) is 0 Å². The quantitative estimate of drug-likeness (QED) is 0.592. The molecule has 2 N–H and O–H groups in total. The number of Topliss-reactive ketones (excluding diaryl/α,β-unsaturated/α-hetero) is 1. The Balaban J connectivity index is 3.31. The second kappa shape index (κ2) is 3.27. The van der Waals surface area contributed by atoms with Crippen LogP contribution in [0.2, 0.25) is 0 Å². The lowest BCUT2D eigenvalue weighted by molar-refractivity contribution is 0.101. The summed E-state index contributed by atoms with van der Waals surface area (Å²) in [7, 11) is 0. The minimum Gasteiger partial charge on any atom is -0.398 e. The second-order valence-electron chi connectivity index (χ2n) is 2.74. The van der Waals surface area contributed by atoms with Crippen LogP contribution in [0.25, 0.3) is 0 Å². The van der Waals surface area contributed by atoms with Crippen LogP contribution in [0, 0.1) is 6.92 Å². The SMILES string of the molecule is CC(=O)c1cc(C)c(N)c(Br)c1. The van der Waals surface area contributed by atoms with Gasteiger partial charge in [0.1, 0.15) is 0 Å². The van der Waals surface area contributed by atoms with E-state index in [2.05, 4.69) is 15.9 Å². The van der Waals surface area contributed by atoms with Crippen molar-refractivity contribution in [2.45, 2.75) is 13.8 Å². The number of hydrogen-bond acceptors (Lipinski definition) is 2. The zero-order chi connectivity index (χ0) is 9.30. The van der Waals surface area contributed by atoms with Crippen LogP contribution in [0.1, 0.15) is 22.8 Å². The fourth-order valence-electron chi connectivity index (χ4n) is 0.959. The first-order valence-corrected chi connectivity index (χ1v) is 4.38. The van der Waals surface area contributed by atoms with Crippen molar-refractivity contribution in [1.82, 2.24) is 0 Å². The van der Waals surface area contributed by atoms with Crippen molar-refractivity contribution in [2.24, 2.45) is 0 Å². The molecule has 3 heteroatoms. The zero-order valence-electron chi connectivity index (χ0n) is 7.02. The second-order valence-corrected chi connectivity index (χ2v) is 3.60. The molecule has 0 aliphatic carbocycles. The van der Waals surface area contributed by atoms with E-state index in [0.717, 1.165) is 10.0 Å². The van der Waals surface area contributed by atoms with E-state index in [9.17, 15) is 4.79 Å². The minimum absolute atomic E-state index is 0.0544. The van der Waals surface area contributed by atoms with Crippen LogP contribution < -0.4 is 5.73 Å². The van der Waals surface area contributed by atoms with E-state index in [0.29, 0.717) is 11.3 Å². The van der Waals surface area contributed by atoms with Gasteiger partial charge in [-0.05, 0) is 47.5 Å². The van der Waals surface area contributed by atoms with Crippen LogP contribution in [-0.2, 0) is 0 Å². The van der Waals surface area contributed by atoms with Crippen molar-refractivity contribution < 1.29 is 4.79 Å². The molecule has 0 saturated carbocycles. The number of carbonyl (C=O) groups is 1. The molecule has 0 aliphatic heterocycles. The Morgan fingerprint density at radius 2 is 2.08 bits per heavy atom. The average molecular weight is 228 g/mol. The van der Waals surface area contributed by atoms with E-state index in [1.54, 1.807) is 12.1 Å². The maximum Gasteiger partial charge on any atom is 0.159 e. The molecule has 0 saturated heterocycles. The summed E-state index contributed by atoms with van der Waals surface area (Å²) in [5.74, 6) is 0.0544. The molecular formula is C9H10BrNO. The third-order valence-corrected chi connectivity index (χ3v) is 2.40. The lowest BCUT2D eigenvalue weighted by Crippen LogP contribution is -1.97. The number of halogens is 1. The Morgan fingerprint density at radius 3 is 2.50 bits per heavy atom. The molecule has 64 valence electrons. The standard InChI is InChI=1S/C9H10BrNO/c1-5-3-7(6(2)12)4-8(10)9(5)11/h3-4H,11H2,1-2H3. The van der Waals surface area contributed by atoms with Gasteiger partial charge in [-0.2, -0.15) is 0 Å². The molecule has 1 aromatic carbocycles. The van der Waals surface area contributed by atoms with Gasteiger partial charge in [-0.15, -0.1) is 0 Å². The van der Waals surface area contributed by atoms with Crippen molar-refractivity contribution >= 4 is 27.4 Å². The first-order valence-electron chi connectivity index (χ1n) is 3.59. The summed E-state index contributed by atoms with van der Waals surface area (Å²) >= 11 is 3.29. The molecule has 1 rings (SSSR count). The third-order valence-electron chi connectivity index (χ3n) is 1.74. The number of ketones is 1. The average Bonchev–Trinajstić information content (AvgIpc) is 1.99. The van der Waals surface area contributed by atoms with Crippen molar-refractivity contribution in [3.63, 3.8) is 0 Å². The fourth-order valence-corrected chi connectivity index (χ4v) is 1.52. The predicted molar refractivity (Wildman–Crippen MR) is 53.3 cm³/mol. The maximum atomic E-state index is 11.0. The fraction of sp³-hybridized carbons (Fsp3) is 0.222. The summed E-state index contributed by atoms with van der Waals surface area (Å²) in [6, 6.07) is 3.53. The Labute approximate surface area is 79.9 Å².